The standard InChI is InChI=1S/C48H31NO/c1-29-20-21-32-24-27-41-47-45(32)43(29)44-33(28-30-10-3-2-4-11-30)12-7-15-37(44)38-16-9-18-40(46(38)47)49(41)34-25-22-31(23-26-34)35-14-8-17-39-36-13-5-6-19-42(36)50-48(35)39/h2-27H,28H2,1H3. The molecule has 0 fully saturated rings. The van der Waals surface area contributed by atoms with Crippen LogP contribution in [-0.4, -0.2) is 4.57 Å². The molecule has 0 N–H and O–H groups in total. The predicted octanol–water partition coefficient (Wildman–Crippen LogP) is 13.0. The lowest BCUT2D eigenvalue weighted by Gasteiger charge is -2.19. The molecule has 0 saturated heterocycles. The molecule has 0 saturated carbocycles. The first kappa shape index (κ1) is 27.6. The molecule has 0 unspecified atom stereocenters. The monoisotopic (exact) mass is 637 g/mol. The molecule has 2 aromatic heterocycles. The number of rotatable bonds is 4. The third kappa shape index (κ3) is 3.79. The number of benzene rings is 8. The smallest absolute Gasteiger partial charge is 0.143 e. The van der Waals surface area contributed by atoms with Gasteiger partial charge in [-0.05, 0) is 99.0 Å². The second-order valence-corrected chi connectivity index (χ2v) is 13.7. The van der Waals surface area contributed by atoms with Gasteiger partial charge in [-0.15, -0.1) is 0 Å². The van der Waals surface area contributed by atoms with Crippen LogP contribution in [-0.2, 0) is 6.42 Å². The number of furan rings is 1. The third-order valence-electron chi connectivity index (χ3n) is 10.9. The van der Waals surface area contributed by atoms with Gasteiger partial charge in [0.05, 0.1) is 11.0 Å². The van der Waals surface area contributed by atoms with Crippen molar-refractivity contribution >= 4 is 54.5 Å². The molecule has 8 aromatic carbocycles. The Hall–Kier alpha value is -6.38. The second-order valence-electron chi connectivity index (χ2n) is 13.7. The van der Waals surface area contributed by atoms with Crippen LogP contribution in [0.4, 0.5) is 0 Å². The minimum atomic E-state index is 0.893. The van der Waals surface area contributed by atoms with E-state index < -0.39 is 0 Å². The number of hydrogen-bond donors (Lipinski definition) is 0. The molecule has 0 spiro atoms. The lowest BCUT2D eigenvalue weighted by atomic mass is 9.85. The molecule has 1 aliphatic rings. The van der Waals surface area contributed by atoms with Gasteiger partial charge in [-0.1, -0.05) is 127 Å². The summed E-state index contributed by atoms with van der Waals surface area (Å²) < 4.78 is 8.86. The van der Waals surface area contributed by atoms with Gasteiger partial charge in [0, 0.05) is 32.8 Å². The SMILES string of the molecule is Cc1ccc2ccc3c4c2c1-c1c(Cc2ccccc2)cccc1-c1cccc(c14)n3-c1ccc(-c2cccc3c2oc2ccccc23)cc1. The average Bonchev–Trinajstić information content (AvgIpc) is 3.67. The molecular formula is C48H31NO. The number of nitrogens with zero attached hydrogens (tertiary/aromatic N) is 1. The van der Waals surface area contributed by atoms with E-state index in [-0.39, 0.29) is 0 Å². The van der Waals surface area contributed by atoms with Gasteiger partial charge < -0.3 is 8.98 Å². The van der Waals surface area contributed by atoms with Crippen LogP contribution in [0.3, 0.4) is 0 Å². The van der Waals surface area contributed by atoms with Crippen molar-refractivity contribution in [3.63, 3.8) is 0 Å². The number of aromatic nitrogens is 1. The normalized spacial score (nSPS) is 12.2. The molecule has 234 valence electrons. The molecular weight excluding hydrogens is 607 g/mol. The van der Waals surface area contributed by atoms with Crippen molar-refractivity contribution in [3.8, 4) is 39.1 Å². The minimum absolute atomic E-state index is 0.893. The van der Waals surface area contributed by atoms with Crippen LogP contribution in [0.15, 0.2) is 162 Å². The fourth-order valence-corrected chi connectivity index (χ4v) is 8.74. The van der Waals surface area contributed by atoms with Crippen LogP contribution < -0.4 is 0 Å². The molecule has 0 radical (unpaired) electrons. The molecule has 0 atom stereocenters. The molecule has 2 nitrogen and oxygen atoms in total. The quantitative estimate of drug-likeness (QED) is 0.188. The third-order valence-corrected chi connectivity index (χ3v) is 10.9. The predicted molar refractivity (Wildman–Crippen MR) is 209 cm³/mol. The van der Waals surface area contributed by atoms with Crippen LogP contribution in [0, 0.1) is 6.92 Å². The van der Waals surface area contributed by atoms with E-state index in [1.165, 1.54) is 71.5 Å². The zero-order chi connectivity index (χ0) is 32.9. The van der Waals surface area contributed by atoms with Crippen molar-refractivity contribution in [2.75, 3.05) is 0 Å². The van der Waals surface area contributed by atoms with Gasteiger partial charge in [-0.3, -0.25) is 0 Å². The summed E-state index contributed by atoms with van der Waals surface area (Å²) in [6, 6.07) is 57.6. The highest BCUT2D eigenvalue weighted by atomic mass is 16.3. The van der Waals surface area contributed by atoms with E-state index in [0.717, 1.165) is 45.2 Å². The van der Waals surface area contributed by atoms with Crippen LogP contribution in [0.2, 0.25) is 0 Å². The zero-order valence-corrected chi connectivity index (χ0v) is 27.6. The molecule has 0 bridgehead atoms. The highest BCUT2D eigenvalue weighted by Gasteiger charge is 2.27. The fourth-order valence-electron chi connectivity index (χ4n) is 8.74. The van der Waals surface area contributed by atoms with Gasteiger partial charge in [-0.2, -0.15) is 0 Å². The Kier molecular flexibility index (Phi) is 5.68. The lowest BCUT2D eigenvalue weighted by molar-refractivity contribution is 0.670. The first-order valence-electron chi connectivity index (χ1n) is 17.4. The van der Waals surface area contributed by atoms with Crippen molar-refractivity contribution in [1.29, 1.82) is 0 Å². The van der Waals surface area contributed by atoms with E-state index in [1.54, 1.807) is 0 Å². The lowest BCUT2D eigenvalue weighted by Crippen LogP contribution is -1.98. The van der Waals surface area contributed by atoms with Gasteiger partial charge >= 0.3 is 0 Å². The first-order chi connectivity index (χ1) is 24.7. The Labute approximate surface area is 289 Å². The maximum absolute atomic E-state index is 6.40. The molecule has 2 heterocycles. The van der Waals surface area contributed by atoms with Gasteiger partial charge in [0.15, 0.2) is 0 Å². The minimum Gasteiger partial charge on any atom is -0.455 e. The van der Waals surface area contributed by atoms with Crippen LogP contribution >= 0.6 is 0 Å². The number of fused-ring (bicyclic) bond motifs is 6. The maximum Gasteiger partial charge on any atom is 0.143 e. The van der Waals surface area contributed by atoms with Crippen LogP contribution in [0.1, 0.15) is 16.7 Å². The Bertz CT molecular complexity index is 3000. The molecule has 50 heavy (non-hydrogen) atoms. The Morgan fingerprint density at radius 3 is 2.12 bits per heavy atom. The van der Waals surface area contributed by atoms with Crippen molar-refractivity contribution in [1.82, 2.24) is 4.57 Å². The van der Waals surface area contributed by atoms with E-state index in [1.807, 2.05) is 12.1 Å². The Morgan fingerprint density at radius 2 is 1.22 bits per heavy atom. The molecule has 0 amide bonds. The molecule has 1 aliphatic carbocycles. The topological polar surface area (TPSA) is 18.1 Å². The van der Waals surface area contributed by atoms with Gasteiger partial charge in [0.2, 0.25) is 0 Å². The molecule has 0 aliphatic heterocycles. The molecule has 10 aromatic rings. The summed E-state index contributed by atoms with van der Waals surface area (Å²) in [5.74, 6) is 0. The van der Waals surface area contributed by atoms with Crippen molar-refractivity contribution in [2.24, 2.45) is 0 Å². The van der Waals surface area contributed by atoms with E-state index in [2.05, 4.69) is 157 Å². The second kappa shape index (κ2) is 10.3. The summed E-state index contributed by atoms with van der Waals surface area (Å²) in [4.78, 5) is 0. The average molecular weight is 638 g/mol. The summed E-state index contributed by atoms with van der Waals surface area (Å²) in [6.07, 6.45) is 0.893. The van der Waals surface area contributed by atoms with E-state index >= 15 is 0 Å². The largest absolute Gasteiger partial charge is 0.455 e. The van der Waals surface area contributed by atoms with Crippen LogP contribution in [0.5, 0.6) is 0 Å². The van der Waals surface area contributed by atoms with E-state index in [4.69, 9.17) is 4.42 Å². The first-order valence-corrected chi connectivity index (χ1v) is 17.4. The zero-order valence-electron chi connectivity index (χ0n) is 27.6. The van der Waals surface area contributed by atoms with Crippen molar-refractivity contribution < 1.29 is 4.42 Å². The molecule has 2 heteroatoms. The number of hydrogen-bond acceptors (Lipinski definition) is 1. The van der Waals surface area contributed by atoms with Gasteiger partial charge in [-0.25, -0.2) is 0 Å². The summed E-state index contributed by atoms with van der Waals surface area (Å²) in [5.41, 5.74) is 17.1. The Balaban J connectivity index is 1.16. The van der Waals surface area contributed by atoms with Gasteiger partial charge in [0.25, 0.3) is 0 Å². The number of para-hydroxylation sites is 2. The Morgan fingerprint density at radius 1 is 0.500 bits per heavy atom. The summed E-state index contributed by atoms with van der Waals surface area (Å²) in [7, 11) is 0. The molecule has 11 rings (SSSR count). The van der Waals surface area contributed by atoms with Crippen molar-refractivity contribution in [2.45, 2.75) is 13.3 Å². The maximum atomic E-state index is 6.40. The number of aryl methyl sites for hydroxylation is 1. The van der Waals surface area contributed by atoms with Gasteiger partial charge in [0.1, 0.15) is 11.2 Å². The highest BCUT2D eigenvalue weighted by molar-refractivity contribution is 6.31. The summed E-state index contributed by atoms with van der Waals surface area (Å²) in [5, 5.41) is 7.60. The summed E-state index contributed by atoms with van der Waals surface area (Å²) in [6.45, 7) is 2.28. The van der Waals surface area contributed by atoms with E-state index in [9.17, 15) is 0 Å². The van der Waals surface area contributed by atoms with Crippen LogP contribution in [0.25, 0.3) is 93.6 Å². The fraction of sp³-hybridized carbons (Fsp3) is 0.0417. The highest BCUT2D eigenvalue weighted by Crippen LogP contribution is 2.51. The summed E-state index contributed by atoms with van der Waals surface area (Å²) >= 11 is 0. The van der Waals surface area contributed by atoms with Crippen molar-refractivity contribution in [3.05, 3.63) is 174 Å². The van der Waals surface area contributed by atoms with E-state index in [0.29, 0.717) is 0 Å².